The van der Waals surface area contributed by atoms with Crippen LogP contribution in [0.3, 0.4) is 0 Å². The number of phenols is 1. The molecule has 0 spiro atoms. The second kappa shape index (κ2) is 9.23. The highest BCUT2D eigenvalue weighted by molar-refractivity contribution is 5.61. The second-order valence-electron chi connectivity index (χ2n) is 5.82. The molecule has 0 aliphatic carbocycles. The van der Waals surface area contributed by atoms with Crippen molar-refractivity contribution >= 4 is 0 Å². The predicted octanol–water partition coefficient (Wildman–Crippen LogP) is 5.13. The number of aromatic hydroxyl groups is 1. The molecule has 0 atom stereocenters. The van der Waals surface area contributed by atoms with Gasteiger partial charge in [-0.3, -0.25) is 0 Å². The van der Waals surface area contributed by atoms with Crippen molar-refractivity contribution in [2.45, 2.75) is 64.7 Å². The van der Waals surface area contributed by atoms with E-state index in [1.165, 1.54) is 44.9 Å². The predicted molar refractivity (Wildman–Crippen MR) is 87.7 cm³/mol. The molecule has 1 heterocycles. The fraction of sp³-hybridized carbons (Fsp3) is 0.556. The van der Waals surface area contributed by atoms with E-state index in [2.05, 4.69) is 17.3 Å². The molecule has 0 saturated carbocycles. The van der Waals surface area contributed by atoms with Crippen molar-refractivity contribution in [3.63, 3.8) is 0 Å². The highest BCUT2D eigenvalue weighted by Gasteiger charge is 2.12. The van der Waals surface area contributed by atoms with E-state index in [0.717, 1.165) is 29.9 Å². The number of rotatable bonds is 10. The maximum atomic E-state index is 9.34. The molecule has 22 heavy (non-hydrogen) atoms. The van der Waals surface area contributed by atoms with Crippen LogP contribution in [0.2, 0.25) is 0 Å². The Hall–Kier alpha value is -1.84. The van der Waals surface area contributed by atoms with Crippen LogP contribution in [0.25, 0.3) is 11.3 Å². The van der Waals surface area contributed by atoms with Gasteiger partial charge in [-0.05, 0) is 30.7 Å². The molecular weight excluding hydrogens is 276 g/mol. The standard InChI is InChI=1S/C18H26N2O2/c1-2-3-4-5-6-7-8-9-10-17-18(19-20-22-17)15-11-13-16(21)14-12-15/h11-14,21H,2-10H2,1H3. The minimum Gasteiger partial charge on any atom is -0.508 e. The lowest BCUT2D eigenvalue weighted by Crippen LogP contribution is -1.89. The van der Waals surface area contributed by atoms with Crippen molar-refractivity contribution in [3.05, 3.63) is 30.0 Å². The zero-order chi connectivity index (χ0) is 15.6. The van der Waals surface area contributed by atoms with Crippen LogP contribution in [0.1, 0.15) is 64.1 Å². The fourth-order valence-corrected chi connectivity index (χ4v) is 2.63. The van der Waals surface area contributed by atoms with E-state index in [0.29, 0.717) is 0 Å². The Labute approximate surface area is 132 Å². The van der Waals surface area contributed by atoms with Crippen LogP contribution in [0.4, 0.5) is 0 Å². The van der Waals surface area contributed by atoms with Gasteiger partial charge in [0.25, 0.3) is 0 Å². The molecule has 2 rings (SSSR count). The van der Waals surface area contributed by atoms with Gasteiger partial charge in [-0.15, -0.1) is 5.10 Å². The summed E-state index contributed by atoms with van der Waals surface area (Å²) in [6.07, 6.45) is 11.2. The zero-order valence-electron chi connectivity index (χ0n) is 13.4. The minimum absolute atomic E-state index is 0.254. The van der Waals surface area contributed by atoms with Crippen LogP contribution >= 0.6 is 0 Å². The van der Waals surface area contributed by atoms with Crippen LogP contribution in [-0.2, 0) is 6.42 Å². The number of aromatic nitrogens is 2. The summed E-state index contributed by atoms with van der Waals surface area (Å²) >= 11 is 0. The van der Waals surface area contributed by atoms with Crippen LogP contribution < -0.4 is 0 Å². The molecule has 0 aliphatic heterocycles. The van der Waals surface area contributed by atoms with Crippen molar-refractivity contribution in [1.29, 1.82) is 0 Å². The second-order valence-corrected chi connectivity index (χ2v) is 5.82. The van der Waals surface area contributed by atoms with E-state index >= 15 is 0 Å². The van der Waals surface area contributed by atoms with Gasteiger partial charge in [0.15, 0.2) is 5.76 Å². The van der Waals surface area contributed by atoms with Gasteiger partial charge >= 0.3 is 0 Å². The maximum absolute atomic E-state index is 9.34. The van der Waals surface area contributed by atoms with E-state index in [1.807, 2.05) is 12.1 Å². The quantitative estimate of drug-likeness (QED) is 0.618. The van der Waals surface area contributed by atoms with Crippen LogP contribution in [0.5, 0.6) is 5.75 Å². The first-order chi connectivity index (χ1) is 10.8. The molecule has 120 valence electrons. The number of benzene rings is 1. The van der Waals surface area contributed by atoms with Gasteiger partial charge in [0.05, 0.1) is 0 Å². The molecule has 1 N–H and O–H groups in total. The summed E-state index contributed by atoms with van der Waals surface area (Å²) in [6.45, 7) is 2.25. The number of phenolic OH excluding ortho intramolecular Hbond substituents is 1. The van der Waals surface area contributed by atoms with E-state index < -0.39 is 0 Å². The van der Waals surface area contributed by atoms with Gasteiger partial charge in [-0.1, -0.05) is 51.9 Å². The van der Waals surface area contributed by atoms with Gasteiger partial charge < -0.3 is 9.63 Å². The first kappa shape index (κ1) is 16.5. The molecule has 4 heteroatoms. The van der Waals surface area contributed by atoms with E-state index in [4.69, 9.17) is 4.52 Å². The largest absolute Gasteiger partial charge is 0.508 e. The normalized spacial score (nSPS) is 11.0. The Morgan fingerprint density at radius 1 is 0.909 bits per heavy atom. The first-order valence-electron chi connectivity index (χ1n) is 8.42. The number of hydrogen-bond acceptors (Lipinski definition) is 4. The fourth-order valence-electron chi connectivity index (χ4n) is 2.63. The monoisotopic (exact) mass is 302 g/mol. The Morgan fingerprint density at radius 3 is 2.23 bits per heavy atom. The smallest absolute Gasteiger partial charge is 0.165 e. The summed E-state index contributed by atoms with van der Waals surface area (Å²) in [5.74, 6) is 1.10. The Morgan fingerprint density at radius 2 is 1.55 bits per heavy atom. The van der Waals surface area contributed by atoms with Gasteiger partial charge in [-0.2, -0.15) is 0 Å². The number of aryl methyl sites for hydroxylation is 1. The average molecular weight is 302 g/mol. The molecule has 1 aromatic carbocycles. The lowest BCUT2D eigenvalue weighted by Gasteiger charge is -2.02. The molecule has 1 aromatic heterocycles. The topological polar surface area (TPSA) is 59.2 Å². The molecule has 0 saturated heterocycles. The summed E-state index contributed by atoms with van der Waals surface area (Å²) in [4.78, 5) is 0. The van der Waals surface area contributed by atoms with E-state index in [1.54, 1.807) is 12.1 Å². The van der Waals surface area contributed by atoms with E-state index in [-0.39, 0.29) is 5.75 Å². The van der Waals surface area contributed by atoms with E-state index in [9.17, 15) is 5.11 Å². The van der Waals surface area contributed by atoms with Gasteiger partial charge in [-0.25, -0.2) is 0 Å². The SMILES string of the molecule is CCCCCCCCCCc1onnc1-c1ccc(O)cc1. The van der Waals surface area contributed by atoms with Crippen molar-refractivity contribution in [1.82, 2.24) is 10.4 Å². The molecule has 0 unspecified atom stereocenters. The summed E-state index contributed by atoms with van der Waals surface area (Å²) in [5.41, 5.74) is 1.73. The molecule has 4 nitrogen and oxygen atoms in total. The molecule has 2 aromatic rings. The highest BCUT2D eigenvalue weighted by atomic mass is 16.5. The lowest BCUT2D eigenvalue weighted by atomic mass is 10.0. The van der Waals surface area contributed by atoms with Crippen LogP contribution in [-0.4, -0.2) is 15.5 Å². The summed E-state index contributed by atoms with van der Waals surface area (Å²) in [5, 5.41) is 17.1. The van der Waals surface area contributed by atoms with Crippen molar-refractivity contribution in [2.24, 2.45) is 0 Å². The zero-order valence-corrected chi connectivity index (χ0v) is 13.4. The van der Waals surface area contributed by atoms with Crippen LogP contribution in [0, 0.1) is 0 Å². The van der Waals surface area contributed by atoms with Gasteiger partial charge in [0.2, 0.25) is 0 Å². The van der Waals surface area contributed by atoms with Gasteiger partial charge in [0, 0.05) is 17.3 Å². The average Bonchev–Trinajstić information content (AvgIpc) is 2.99. The third-order valence-electron chi connectivity index (χ3n) is 3.95. The molecule has 0 amide bonds. The van der Waals surface area contributed by atoms with Gasteiger partial charge in [0.1, 0.15) is 11.4 Å². The lowest BCUT2D eigenvalue weighted by molar-refractivity contribution is 0.358. The molecular formula is C18H26N2O2. The third kappa shape index (κ3) is 5.17. The molecule has 0 aliphatic rings. The number of hydrogen-bond donors (Lipinski definition) is 1. The highest BCUT2D eigenvalue weighted by Crippen LogP contribution is 2.24. The van der Waals surface area contributed by atoms with Crippen molar-refractivity contribution in [3.8, 4) is 17.0 Å². The maximum Gasteiger partial charge on any atom is 0.165 e. The molecule has 0 fully saturated rings. The third-order valence-corrected chi connectivity index (χ3v) is 3.95. The summed E-state index contributed by atoms with van der Waals surface area (Å²) < 4.78 is 5.29. The first-order valence-corrected chi connectivity index (χ1v) is 8.42. The molecule has 0 bridgehead atoms. The number of nitrogens with zero attached hydrogens (tertiary/aromatic N) is 2. The number of unbranched alkanes of at least 4 members (excludes halogenated alkanes) is 7. The Kier molecular flexibility index (Phi) is 6.94. The Bertz CT molecular complexity index is 534. The minimum atomic E-state index is 0.254. The summed E-state index contributed by atoms with van der Waals surface area (Å²) in [6, 6.07) is 6.99. The van der Waals surface area contributed by atoms with Crippen molar-refractivity contribution in [2.75, 3.05) is 0 Å². The van der Waals surface area contributed by atoms with Crippen LogP contribution in [0.15, 0.2) is 28.8 Å². The molecule has 0 radical (unpaired) electrons. The Balaban J connectivity index is 1.73. The van der Waals surface area contributed by atoms with Crippen molar-refractivity contribution < 1.29 is 9.63 Å². The summed E-state index contributed by atoms with van der Waals surface area (Å²) in [7, 11) is 0.